The lowest BCUT2D eigenvalue weighted by molar-refractivity contribution is 0.0345. The van der Waals surface area contributed by atoms with Crippen LogP contribution in [0.4, 0.5) is 10.1 Å². The predicted molar refractivity (Wildman–Crippen MR) is 71.4 cm³/mol. The summed E-state index contributed by atoms with van der Waals surface area (Å²) in [4.78, 5) is 4.43. The van der Waals surface area contributed by atoms with Crippen molar-refractivity contribution < 1.29 is 9.50 Å². The van der Waals surface area contributed by atoms with Crippen LogP contribution in [-0.4, -0.2) is 48.3 Å². The Kier molecular flexibility index (Phi) is 3.88. The highest BCUT2D eigenvalue weighted by molar-refractivity contribution is 5.46. The van der Waals surface area contributed by atoms with Crippen molar-refractivity contribution in [2.45, 2.75) is 19.4 Å². The molecule has 1 N–H and O–H groups in total. The smallest absolute Gasteiger partial charge is 0.125 e. The zero-order valence-corrected chi connectivity index (χ0v) is 11.1. The van der Waals surface area contributed by atoms with Gasteiger partial charge in [-0.3, -0.25) is 4.90 Å². The zero-order valence-electron chi connectivity index (χ0n) is 11.1. The van der Waals surface area contributed by atoms with Gasteiger partial charge in [0, 0.05) is 38.4 Å². The third-order valence-electron chi connectivity index (χ3n) is 3.16. The van der Waals surface area contributed by atoms with Crippen molar-refractivity contribution in [3.63, 3.8) is 0 Å². The van der Waals surface area contributed by atoms with Gasteiger partial charge in [-0.05, 0) is 32.0 Å². The Balaban J connectivity index is 1.91. The maximum absolute atomic E-state index is 13.2. The fourth-order valence-electron chi connectivity index (χ4n) is 2.38. The molecule has 4 heteroatoms. The minimum Gasteiger partial charge on any atom is -0.389 e. The largest absolute Gasteiger partial charge is 0.389 e. The lowest BCUT2D eigenvalue weighted by Crippen LogP contribution is -2.50. The third kappa shape index (κ3) is 3.68. The SMILES string of the molecule is CC(C)(O)CN1CCN(c2cccc(F)c2)CC1. The standard InChI is InChI=1S/C14H21FN2O/c1-14(2,18)11-16-6-8-17(9-7-16)13-5-3-4-12(15)10-13/h3-5,10,18H,6-9,11H2,1-2H3. The molecule has 0 atom stereocenters. The Labute approximate surface area is 108 Å². The zero-order chi connectivity index (χ0) is 13.2. The molecule has 1 fully saturated rings. The molecule has 100 valence electrons. The van der Waals surface area contributed by atoms with Crippen LogP contribution in [0.2, 0.25) is 0 Å². The van der Waals surface area contributed by atoms with Crippen LogP contribution in [0.3, 0.4) is 0 Å². The Morgan fingerprint density at radius 1 is 1.22 bits per heavy atom. The first-order valence-corrected chi connectivity index (χ1v) is 6.39. The fourth-order valence-corrected chi connectivity index (χ4v) is 2.38. The number of anilines is 1. The van der Waals surface area contributed by atoms with Gasteiger partial charge in [0.15, 0.2) is 0 Å². The number of halogens is 1. The average Bonchev–Trinajstić information content (AvgIpc) is 2.28. The summed E-state index contributed by atoms with van der Waals surface area (Å²) in [5.74, 6) is -0.188. The van der Waals surface area contributed by atoms with E-state index in [0.717, 1.165) is 31.9 Å². The summed E-state index contributed by atoms with van der Waals surface area (Å²) in [7, 11) is 0. The number of aliphatic hydroxyl groups is 1. The molecule has 18 heavy (non-hydrogen) atoms. The monoisotopic (exact) mass is 252 g/mol. The first kappa shape index (κ1) is 13.3. The Morgan fingerprint density at radius 3 is 2.44 bits per heavy atom. The molecule has 1 heterocycles. The van der Waals surface area contributed by atoms with Gasteiger partial charge in [0.05, 0.1) is 5.60 Å². The van der Waals surface area contributed by atoms with Gasteiger partial charge in [0.2, 0.25) is 0 Å². The molecule has 1 saturated heterocycles. The Hall–Kier alpha value is -1.13. The van der Waals surface area contributed by atoms with Crippen LogP contribution in [0.5, 0.6) is 0 Å². The van der Waals surface area contributed by atoms with Gasteiger partial charge in [-0.2, -0.15) is 0 Å². The van der Waals surface area contributed by atoms with Gasteiger partial charge in [0.1, 0.15) is 5.82 Å². The second-order valence-electron chi connectivity index (χ2n) is 5.56. The molecule has 2 rings (SSSR count). The van der Waals surface area contributed by atoms with Crippen molar-refractivity contribution in [3.8, 4) is 0 Å². The van der Waals surface area contributed by atoms with Gasteiger partial charge in [-0.1, -0.05) is 6.07 Å². The molecule has 1 aromatic carbocycles. The molecule has 0 saturated carbocycles. The van der Waals surface area contributed by atoms with Crippen LogP contribution < -0.4 is 4.90 Å². The van der Waals surface area contributed by atoms with Crippen LogP contribution in [0.25, 0.3) is 0 Å². The Bertz CT molecular complexity index is 395. The van der Waals surface area contributed by atoms with E-state index in [9.17, 15) is 9.50 Å². The van der Waals surface area contributed by atoms with Crippen LogP contribution in [-0.2, 0) is 0 Å². The molecule has 3 nitrogen and oxygen atoms in total. The van der Waals surface area contributed by atoms with E-state index in [-0.39, 0.29) is 5.82 Å². The molecule has 0 amide bonds. The molecule has 0 spiro atoms. The summed E-state index contributed by atoms with van der Waals surface area (Å²) in [5, 5.41) is 9.78. The molecule has 0 aliphatic carbocycles. The summed E-state index contributed by atoms with van der Waals surface area (Å²) < 4.78 is 13.2. The maximum Gasteiger partial charge on any atom is 0.125 e. The minimum atomic E-state index is -0.652. The van der Waals surface area contributed by atoms with Crippen molar-refractivity contribution in [1.29, 1.82) is 0 Å². The normalized spacial score (nSPS) is 18.1. The van der Waals surface area contributed by atoms with E-state index < -0.39 is 5.60 Å². The van der Waals surface area contributed by atoms with Gasteiger partial charge in [-0.25, -0.2) is 4.39 Å². The number of nitrogens with zero attached hydrogens (tertiary/aromatic N) is 2. The van der Waals surface area contributed by atoms with Crippen LogP contribution in [0.1, 0.15) is 13.8 Å². The quantitative estimate of drug-likeness (QED) is 0.887. The van der Waals surface area contributed by atoms with E-state index in [1.807, 2.05) is 19.9 Å². The van der Waals surface area contributed by atoms with E-state index in [2.05, 4.69) is 9.80 Å². The van der Waals surface area contributed by atoms with E-state index >= 15 is 0 Å². The van der Waals surface area contributed by atoms with Crippen LogP contribution in [0, 0.1) is 5.82 Å². The highest BCUT2D eigenvalue weighted by atomic mass is 19.1. The van der Waals surface area contributed by atoms with E-state index in [4.69, 9.17) is 0 Å². The lowest BCUT2D eigenvalue weighted by Gasteiger charge is -2.38. The fraction of sp³-hybridized carbons (Fsp3) is 0.571. The number of rotatable bonds is 3. The van der Waals surface area contributed by atoms with Gasteiger partial charge in [0.25, 0.3) is 0 Å². The first-order valence-electron chi connectivity index (χ1n) is 6.39. The molecule has 0 unspecified atom stereocenters. The van der Waals surface area contributed by atoms with Crippen LogP contribution in [0.15, 0.2) is 24.3 Å². The average molecular weight is 252 g/mol. The van der Waals surface area contributed by atoms with Crippen LogP contribution >= 0.6 is 0 Å². The van der Waals surface area contributed by atoms with Gasteiger partial charge >= 0.3 is 0 Å². The molecular weight excluding hydrogens is 231 g/mol. The number of β-amino-alcohol motifs (C(OH)–C–C–N with tert-alkyl or cyclic N) is 1. The summed E-state index contributed by atoms with van der Waals surface area (Å²) in [6.45, 7) is 7.89. The Morgan fingerprint density at radius 2 is 1.89 bits per heavy atom. The van der Waals surface area contributed by atoms with Crippen molar-refractivity contribution in [2.24, 2.45) is 0 Å². The first-order chi connectivity index (χ1) is 8.44. The third-order valence-corrected chi connectivity index (χ3v) is 3.16. The number of hydrogen-bond donors (Lipinski definition) is 1. The van der Waals surface area contributed by atoms with E-state index in [0.29, 0.717) is 6.54 Å². The highest BCUT2D eigenvalue weighted by Crippen LogP contribution is 2.18. The molecule has 0 aromatic heterocycles. The van der Waals surface area contributed by atoms with Gasteiger partial charge < -0.3 is 10.0 Å². The number of piperazine rings is 1. The van der Waals surface area contributed by atoms with E-state index in [1.54, 1.807) is 12.1 Å². The highest BCUT2D eigenvalue weighted by Gasteiger charge is 2.22. The van der Waals surface area contributed by atoms with Crippen molar-refractivity contribution in [3.05, 3.63) is 30.1 Å². The molecular formula is C14H21FN2O. The minimum absolute atomic E-state index is 0.188. The molecule has 0 radical (unpaired) electrons. The van der Waals surface area contributed by atoms with E-state index in [1.165, 1.54) is 6.07 Å². The summed E-state index contributed by atoms with van der Waals surface area (Å²) >= 11 is 0. The van der Waals surface area contributed by atoms with Gasteiger partial charge in [-0.15, -0.1) is 0 Å². The van der Waals surface area contributed by atoms with Crippen molar-refractivity contribution in [1.82, 2.24) is 4.90 Å². The van der Waals surface area contributed by atoms with Crippen molar-refractivity contribution in [2.75, 3.05) is 37.6 Å². The lowest BCUT2D eigenvalue weighted by atomic mass is 10.1. The summed E-state index contributed by atoms with van der Waals surface area (Å²) in [5.41, 5.74) is 0.291. The predicted octanol–water partition coefficient (Wildman–Crippen LogP) is 1.72. The molecule has 1 aliphatic rings. The molecule has 1 aliphatic heterocycles. The second-order valence-corrected chi connectivity index (χ2v) is 5.56. The molecule has 1 aromatic rings. The summed E-state index contributed by atoms with van der Waals surface area (Å²) in [6.07, 6.45) is 0. The second kappa shape index (κ2) is 5.24. The number of benzene rings is 1. The summed E-state index contributed by atoms with van der Waals surface area (Å²) in [6, 6.07) is 6.72. The maximum atomic E-state index is 13.2. The number of hydrogen-bond acceptors (Lipinski definition) is 3. The topological polar surface area (TPSA) is 26.7 Å². The molecule has 0 bridgehead atoms. The van der Waals surface area contributed by atoms with Crippen molar-refractivity contribution >= 4 is 5.69 Å².